The predicted octanol–water partition coefficient (Wildman–Crippen LogP) is 5.16. The summed E-state index contributed by atoms with van der Waals surface area (Å²) in [7, 11) is 3.33. The Balaban J connectivity index is 1.83. The van der Waals surface area contributed by atoms with Crippen molar-refractivity contribution in [3.63, 3.8) is 0 Å². The number of hydrogen-bond acceptors (Lipinski definition) is 3. The molecule has 1 N–H and O–H groups in total. The number of likely N-dealkylation sites (tertiary alicyclic amines) is 1. The quantitative estimate of drug-likeness (QED) is 0.736. The average molecular weight is 385 g/mol. The Morgan fingerprint density at radius 1 is 1.04 bits per heavy atom. The zero-order valence-electron chi connectivity index (χ0n) is 16.8. The van der Waals surface area contributed by atoms with Gasteiger partial charge < -0.3 is 19.7 Å². The van der Waals surface area contributed by atoms with Crippen LogP contribution in [0.2, 0.25) is 0 Å². The third-order valence-corrected chi connectivity index (χ3v) is 5.55. The second kappa shape index (κ2) is 8.17. The highest BCUT2D eigenvalue weighted by atomic mass is 32.1. The summed E-state index contributed by atoms with van der Waals surface area (Å²) in [5.41, 5.74) is 6.02. The summed E-state index contributed by atoms with van der Waals surface area (Å²) in [4.78, 5) is 2.29. The first-order valence-corrected chi connectivity index (χ1v) is 9.72. The maximum atomic E-state index is 5.79. The second-order valence-corrected chi connectivity index (χ2v) is 7.56. The Labute approximate surface area is 167 Å². The van der Waals surface area contributed by atoms with Crippen LogP contribution < -0.4 is 14.8 Å². The number of anilines is 1. The summed E-state index contributed by atoms with van der Waals surface area (Å²) in [5.74, 6) is 1.50. The monoisotopic (exact) mass is 384 g/mol. The van der Waals surface area contributed by atoms with Gasteiger partial charge in [-0.05, 0) is 74.7 Å². The van der Waals surface area contributed by atoms with Gasteiger partial charge in [0.15, 0.2) is 16.6 Å². The number of thiocarbonyl (C=S) groups is 1. The molecule has 5 heteroatoms. The van der Waals surface area contributed by atoms with Crippen LogP contribution in [-0.4, -0.2) is 30.8 Å². The minimum absolute atomic E-state index is 0.246. The number of ether oxygens (including phenoxy) is 2. The molecule has 0 aliphatic carbocycles. The molecule has 0 saturated carbocycles. The lowest BCUT2D eigenvalue weighted by atomic mass is 10.0. The van der Waals surface area contributed by atoms with Crippen LogP contribution >= 0.6 is 12.2 Å². The zero-order chi connectivity index (χ0) is 19.6. The molecular weight excluding hydrogens is 356 g/mol. The number of nitrogens with one attached hydrogen (secondary N) is 1. The van der Waals surface area contributed by atoms with Crippen LogP contribution in [0.3, 0.4) is 0 Å². The normalized spacial score (nSPS) is 16.3. The highest BCUT2D eigenvalue weighted by molar-refractivity contribution is 7.80. The van der Waals surface area contributed by atoms with Gasteiger partial charge in [-0.3, -0.25) is 0 Å². The third-order valence-electron chi connectivity index (χ3n) is 5.21. The highest BCUT2D eigenvalue weighted by Crippen LogP contribution is 2.37. The number of benzene rings is 2. The minimum Gasteiger partial charge on any atom is -0.493 e. The molecule has 1 fully saturated rings. The van der Waals surface area contributed by atoms with Crippen molar-refractivity contribution >= 4 is 23.0 Å². The van der Waals surface area contributed by atoms with E-state index < -0.39 is 0 Å². The topological polar surface area (TPSA) is 33.7 Å². The van der Waals surface area contributed by atoms with E-state index >= 15 is 0 Å². The van der Waals surface area contributed by atoms with Gasteiger partial charge in [0.25, 0.3) is 0 Å². The molecule has 4 nitrogen and oxygen atoms in total. The summed E-state index contributed by atoms with van der Waals surface area (Å²) in [6, 6.07) is 10.8. The molecule has 1 saturated heterocycles. The molecule has 0 amide bonds. The lowest BCUT2D eigenvalue weighted by Gasteiger charge is -2.29. The van der Waals surface area contributed by atoms with Gasteiger partial charge in [-0.15, -0.1) is 0 Å². The van der Waals surface area contributed by atoms with Gasteiger partial charge >= 0.3 is 0 Å². The smallest absolute Gasteiger partial charge is 0.173 e. The Kier molecular flexibility index (Phi) is 5.90. The van der Waals surface area contributed by atoms with Crippen molar-refractivity contribution in [2.24, 2.45) is 0 Å². The molecule has 0 bridgehead atoms. The van der Waals surface area contributed by atoms with Gasteiger partial charge in [0, 0.05) is 12.2 Å². The molecule has 144 valence electrons. The van der Waals surface area contributed by atoms with Crippen LogP contribution in [0, 0.1) is 20.8 Å². The van der Waals surface area contributed by atoms with Crippen molar-refractivity contribution in [2.45, 2.75) is 39.7 Å². The molecule has 0 spiro atoms. The molecule has 0 radical (unpaired) electrons. The van der Waals surface area contributed by atoms with Crippen molar-refractivity contribution in [3.8, 4) is 11.5 Å². The average Bonchev–Trinajstić information content (AvgIpc) is 3.13. The highest BCUT2D eigenvalue weighted by Gasteiger charge is 2.29. The van der Waals surface area contributed by atoms with E-state index in [0.717, 1.165) is 41.7 Å². The maximum Gasteiger partial charge on any atom is 0.173 e. The molecule has 1 aliphatic heterocycles. The summed E-state index contributed by atoms with van der Waals surface area (Å²) >= 11 is 5.79. The number of aryl methyl sites for hydroxylation is 3. The van der Waals surface area contributed by atoms with Crippen LogP contribution in [0.25, 0.3) is 0 Å². The van der Waals surface area contributed by atoms with Crippen LogP contribution in [0.1, 0.15) is 41.1 Å². The molecule has 3 rings (SSSR count). The second-order valence-electron chi connectivity index (χ2n) is 7.17. The number of rotatable bonds is 4. The standard InChI is InChI=1S/C22H28N2O2S/c1-14-11-15(2)21(16(3)12-14)23-22(27)24-10-6-7-18(24)17-8-9-19(25-4)20(13-17)26-5/h8-9,11-13,18H,6-7,10H2,1-5H3,(H,23,27)/t18-/m0/s1. The number of methoxy groups -OCH3 is 2. The van der Waals surface area contributed by atoms with Gasteiger partial charge in [0.2, 0.25) is 0 Å². The first kappa shape index (κ1) is 19.5. The van der Waals surface area contributed by atoms with Crippen LogP contribution in [-0.2, 0) is 0 Å². The lowest BCUT2D eigenvalue weighted by molar-refractivity contribution is 0.351. The van der Waals surface area contributed by atoms with E-state index in [2.05, 4.69) is 55.3 Å². The Morgan fingerprint density at radius 2 is 1.70 bits per heavy atom. The molecule has 2 aromatic rings. The number of hydrogen-bond donors (Lipinski definition) is 1. The van der Waals surface area contributed by atoms with Crippen LogP contribution in [0.4, 0.5) is 5.69 Å². The summed E-state index contributed by atoms with van der Waals surface area (Å²) < 4.78 is 10.8. The molecule has 0 aromatic heterocycles. The van der Waals surface area contributed by atoms with Crippen molar-refractivity contribution in [3.05, 3.63) is 52.6 Å². The van der Waals surface area contributed by atoms with E-state index in [4.69, 9.17) is 21.7 Å². The van der Waals surface area contributed by atoms with Gasteiger partial charge in [-0.25, -0.2) is 0 Å². The van der Waals surface area contributed by atoms with E-state index in [-0.39, 0.29) is 6.04 Å². The van der Waals surface area contributed by atoms with Crippen molar-refractivity contribution < 1.29 is 9.47 Å². The minimum atomic E-state index is 0.246. The van der Waals surface area contributed by atoms with Gasteiger partial charge in [0.05, 0.1) is 20.3 Å². The molecule has 0 unspecified atom stereocenters. The maximum absolute atomic E-state index is 5.79. The fourth-order valence-corrected chi connectivity index (χ4v) is 4.29. The first-order chi connectivity index (χ1) is 12.9. The molecule has 2 aromatic carbocycles. The fourth-order valence-electron chi connectivity index (χ4n) is 3.97. The van der Waals surface area contributed by atoms with Crippen LogP contribution in [0.5, 0.6) is 11.5 Å². The Hall–Kier alpha value is -2.27. The van der Waals surface area contributed by atoms with Gasteiger partial charge in [-0.1, -0.05) is 23.8 Å². The molecule has 1 atom stereocenters. The van der Waals surface area contributed by atoms with Crippen molar-refractivity contribution in [1.29, 1.82) is 0 Å². The van der Waals surface area contributed by atoms with Gasteiger partial charge in [-0.2, -0.15) is 0 Å². The van der Waals surface area contributed by atoms with Crippen molar-refractivity contribution in [1.82, 2.24) is 4.90 Å². The van der Waals surface area contributed by atoms with Crippen molar-refractivity contribution in [2.75, 3.05) is 26.1 Å². The Bertz CT molecular complexity index is 827. The third kappa shape index (κ3) is 4.03. The predicted molar refractivity (Wildman–Crippen MR) is 115 cm³/mol. The summed E-state index contributed by atoms with van der Waals surface area (Å²) in [6.07, 6.45) is 2.19. The summed E-state index contributed by atoms with van der Waals surface area (Å²) in [6.45, 7) is 7.33. The van der Waals surface area contributed by atoms with Gasteiger partial charge in [0.1, 0.15) is 0 Å². The first-order valence-electron chi connectivity index (χ1n) is 9.32. The molecule has 27 heavy (non-hydrogen) atoms. The SMILES string of the molecule is COc1ccc([C@@H]2CCCN2C(=S)Nc2c(C)cc(C)cc2C)cc1OC. The number of nitrogens with zero attached hydrogens (tertiary/aromatic N) is 1. The van der Waals surface area contributed by atoms with Crippen LogP contribution in [0.15, 0.2) is 30.3 Å². The van der Waals surface area contributed by atoms with E-state index in [0.29, 0.717) is 0 Å². The zero-order valence-corrected chi connectivity index (χ0v) is 17.6. The lowest BCUT2D eigenvalue weighted by Crippen LogP contribution is -2.34. The van der Waals surface area contributed by atoms with E-state index in [1.165, 1.54) is 22.3 Å². The Morgan fingerprint density at radius 3 is 2.33 bits per heavy atom. The van der Waals surface area contributed by atoms with E-state index in [1.807, 2.05) is 6.07 Å². The molecule has 1 aliphatic rings. The largest absolute Gasteiger partial charge is 0.493 e. The van der Waals surface area contributed by atoms with E-state index in [9.17, 15) is 0 Å². The fraction of sp³-hybridized carbons (Fsp3) is 0.409. The van der Waals surface area contributed by atoms with E-state index in [1.54, 1.807) is 14.2 Å². The summed E-state index contributed by atoms with van der Waals surface area (Å²) in [5, 5.41) is 4.28. The molecular formula is C22H28N2O2S. The molecule has 1 heterocycles.